The molecule has 3 aromatic rings. The summed E-state index contributed by atoms with van der Waals surface area (Å²) in [6, 6.07) is 13.3. The first-order valence-electron chi connectivity index (χ1n) is 7.20. The van der Waals surface area contributed by atoms with Crippen molar-refractivity contribution in [2.45, 2.75) is 6.42 Å². The zero-order valence-electron chi connectivity index (χ0n) is 12.6. The van der Waals surface area contributed by atoms with E-state index >= 15 is 0 Å². The standard InChI is InChI=1S/C18H13BrN4O/c19-15-5-1-2-6-17(15)22-23-18(24)7-3-4-13-8-9-16-14(10-13)11-20-12-21-16/h1-2,5-6,8-12,22H,4H2,(H,23,24). The predicted molar refractivity (Wildman–Crippen MR) is 96.9 cm³/mol. The first-order valence-corrected chi connectivity index (χ1v) is 8.00. The number of hydrazine groups is 1. The number of rotatable bonds is 3. The third kappa shape index (κ3) is 4.09. The number of nitrogens with zero attached hydrogens (tertiary/aromatic N) is 2. The molecule has 0 atom stereocenters. The zero-order chi connectivity index (χ0) is 16.8. The van der Waals surface area contributed by atoms with Crippen LogP contribution in [0.4, 0.5) is 5.69 Å². The Bertz CT molecular complexity index is 946. The molecule has 0 bridgehead atoms. The van der Waals surface area contributed by atoms with E-state index < -0.39 is 5.91 Å². The first-order chi connectivity index (χ1) is 11.7. The Morgan fingerprint density at radius 3 is 2.96 bits per heavy atom. The molecule has 2 aromatic carbocycles. The minimum absolute atomic E-state index is 0.394. The number of hydrogen-bond donors (Lipinski definition) is 2. The molecule has 0 aliphatic carbocycles. The van der Waals surface area contributed by atoms with Crippen LogP contribution >= 0.6 is 15.9 Å². The van der Waals surface area contributed by atoms with Crippen molar-refractivity contribution in [3.8, 4) is 11.8 Å². The van der Waals surface area contributed by atoms with Crippen molar-refractivity contribution in [3.05, 3.63) is 65.0 Å². The predicted octanol–water partition coefficient (Wildman–Crippen LogP) is 3.08. The van der Waals surface area contributed by atoms with Crippen LogP contribution in [0, 0.1) is 11.8 Å². The third-order valence-corrected chi connectivity index (χ3v) is 3.94. The van der Waals surface area contributed by atoms with Gasteiger partial charge in [0.15, 0.2) is 0 Å². The van der Waals surface area contributed by atoms with Gasteiger partial charge in [0.2, 0.25) is 0 Å². The average molecular weight is 381 g/mol. The summed E-state index contributed by atoms with van der Waals surface area (Å²) in [5, 5.41) is 0.955. The third-order valence-electron chi connectivity index (χ3n) is 3.25. The monoisotopic (exact) mass is 380 g/mol. The van der Waals surface area contributed by atoms with Crippen LogP contribution in [0.1, 0.15) is 5.56 Å². The molecule has 0 radical (unpaired) electrons. The van der Waals surface area contributed by atoms with Crippen molar-refractivity contribution in [1.82, 2.24) is 15.4 Å². The molecule has 24 heavy (non-hydrogen) atoms. The lowest BCUT2D eigenvalue weighted by molar-refractivity contribution is -0.115. The van der Waals surface area contributed by atoms with Gasteiger partial charge in [0, 0.05) is 22.5 Å². The fraction of sp³-hybridized carbons (Fsp3) is 0.0556. The van der Waals surface area contributed by atoms with Crippen LogP contribution in [-0.2, 0) is 11.2 Å². The van der Waals surface area contributed by atoms with Crippen LogP contribution in [0.25, 0.3) is 10.9 Å². The van der Waals surface area contributed by atoms with E-state index in [0.29, 0.717) is 6.42 Å². The molecule has 0 fully saturated rings. The van der Waals surface area contributed by atoms with Gasteiger partial charge in [0.1, 0.15) is 6.33 Å². The van der Waals surface area contributed by atoms with E-state index in [-0.39, 0.29) is 0 Å². The second-order valence-corrected chi connectivity index (χ2v) is 5.81. The Balaban J connectivity index is 1.58. The van der Waals surface area contributed by atoms with Crippen LogP contribution in [-0.4, -0.2) is 15.9 Å². The molecular weight excluding hydrogens is 368 g/mol. The quantitative estimate of drug-likeness (QED) is 0.541. The van der Waals surface area contributed by atoms with Crippen LogP contribution in [0.3, 0.4) is 0 Å². The van der Waals surface area contributed by atoms with Crippen molar-refractivity contribution < 1.29 is 4.79 Å². The fourth-order valence-corrected chi connectivity index (χ4v) is 2.47. The largest absolute Gasteiger partial charge is 0.314 e. The summed E-state index contributed by atoms with van der Waals surface area (Å²) in [5.74, 6) is 5.03. The maximum absolute atomic E-state index is 11.7. The van der Waals surface area contributed by atoms with Crippen molar-refractivity contribution in [1.29, 1.82) is 0 Å². The molecule has 0 saturated carbocycles. The minimum Gasteiger partial charge on any atom is -0.297 e. The van der Waals surface area contributed by atoms with Gasteiger partial charge in [-0.2, -0.15) is 0 Å². The molecule has 118 valence electrons. The van der Waals surface area contributed by atoms with E-state index in [0.717, 1.165) is 26.6 Å². The summed E-state index contributed by atoms with van der Waals surface area (Å²) in [6.07, 6.45) is 3.76. The molecule has 0 aliphatic heterocycles. The summed E-state index contributed by atoms with van der Waals surface area (Å²) in [5.41, 5.74) is 8.03. The van der Waals surface area contributed by atoms with Gasteiger partial charge in [-0.1, -0.05) is 24.1 Å². The van der Waals surface area contributed by atoms with Crippen LogP contribution < -0.4 is 10.9 Å². The molecule has 0 aliphatic rings. The number of nitrogens with one attached hydrogen (secondary N) is 2. The molecule has 1 aromatic heterocycles. The van der Waals surface area contributed by atoms with Crippen molar-refractivity contribution >= 4 is 38.4 Å². The van der Waals surface area contributed by atoms with E-state index in [1.807, 2.05) is 42.5 Å². The van der Waals surface area contributed by atoms with E-state index in [1.54, 1.807) is 6.20 Å². The molecule has 5 nitrogen and oxygen atoms in total. The number of benzene rings is 2. The molecule has 3 rings (SSSR count). The second-order valence-electron chi connectivity index (χ2n) is 4.95. The number of amides is 1. The molecule has 2 N–H and O–H groups in total. The molecular formula is C18H13BrN4O. The molecule has 0 unspecified atom stereocenters. The number of aromatic nitrogens is 2. The van der Waals surface area contributed by atoms with Gasteiger partial charge < -0.3 is 0 Å². The summed E-state index contributed by atoms with van der Waals surface area (Å²) < 4.78 is 0.858. The van der Waals surface area contributed by atoms with Gasteiger partial charge in [0.25, 0.3) is 0 Å². The Kier molecular flexibility index (Phi) is 5.04. The maximum Gasteiger partial charge on any atom is 0.314 e. The van der Waals surface area contributed by atoms with Gasteiger partial charge in [-0.3, -0.25) is 15.6 Å². The van der Waals surface area contributed by atoms with Crippen molar-refractivity contribution in [3.63, 3.8) is 0 Å². The van der Waals surface area contributed by atoms with E-state index in [2.05, 4.69) is 48.6 Å². The van der Waals surface area contributed by atoms with Gasteiger partial charge in [-0.05, 0) is 51.7 Å². The number of hydrogen-bond acceptors (Lipinski definition) is 4. The Hall–Kier alpha value is -2.91. The number of carbonyl (C=O) groups excluding carboxylic acids is 1. The van der Waals surface area contributed by atoms with Crippen LogP contribution in [0.5, 0.6) is 0 Å². The lowest BCUT2D eigenvalue weighted by atomic mass is 10.1. The second kappa shape index (κ2) is 7.57. The molecule has 0 saturated heterocycles. The maximum atomic E-state index is 11.7. The molecule has 1 amide bonds. The van der Waals surface area contributed by atoms with Gasteiger partial charge >= 0.3 is 5.91 Å². The lowest BCUT2D eigenvalue weighted by Gasteiger charge is -2.06. The summed E-state index contributed by atoms with van der Waals surface area (Å²) in [7, 11) is 0. The highest BCUT2D eigenvalue weighted by atomic mass is 79.9. The van der Waals surface area contributed by atoms with Gasteiger partial charge in [0.05, 0.1) is 11.2 Å². The summed E-state index contributed by atoms with van der Waals surface area (Å²) >= 11 is 3.39. The molecule has 0 spiro atoms. The molecule has 1 heterocycles. The number of anilines is 1. The van der Waals surface area contributed by atoms with Crippen LogP contribution in [0.15, 0.2) is 59.5 Å². The number of fused-ring (bicyclic) bond motifs is 1. The number of para-hydroxylation sites is 1. The van der Waals surface area contributed by atoms with Crippen LogP contribution in [0.2, 0.25) is 0 Å². The van der Waals surface area contributed by atoms with E-state index in [4.69, 9.17) is 0 Å². The lowest BCUT2D eigenvalue weighted by Crippen LogP contribution is -2.28. The number of carbonyl (C=O) groups is 1. The highest BCUT2D eigenvalue weighted by Gasteiger charge is 1.99. The minimum atomic E-state index is -0.394. The normalized spacial score (nSPS) is 9.88. The van der Waals surface area contributed by atoms with Gasteiger partial charge in [-0.25, -0.2) is 9.97 Å². The highest BCUT2D eigenvalue weighted by molar-refractivity contribution is 9.10. The zero-order valence-corrected chi connectivity index (χ0v) is 14.2. The SMILES string of the molecule is O=C(C#CCc1ccc2ncncc2c1)NNc1ccccc1Br. The highest BCUT2D eigenvalue weighted by Crippen LogP contribution is 2.19. The Morgan fingerprint density at radius 2 is 2.08 bits per heavy atom. The topological polar surface area (TPSA) is 66.9 Å². The first kappa shape index (κ1) is 16.0. The Labute approximate surface area is 147 Å². The average Bonchev–Trinajstić information content (AvgIpc) is 2.61. The summed E-state index contributed by atoms with van der Waals surface area (Å²) in [6.45, 7) is 0. The molecule has 6 heteroatoms. The van der Waals surface area contributed by atoms with Gasteiger partial charge in [-0.15, -0.1) is 0 Å². The number of halogens is 1. The fourth-order valence-electron chi connectivity index (χ4n) is 2.09. The van der Waals surface area contributed by atoms with E-state index in [9.17, 15) is 4.79 Å². The summed E-state index contributed by atoms with van der Waals surface area (Å²) in [4.78, 5) is 19.9. The van der Waals surface area contributed by atoms with Crippen molar-refractivity contribution in [2.75, 3.05) is 5.43 Å². The van der Waals surface area contributed by atoms with Crippen molar-refractivity contribution in [2.24, 2.45) is 0 Å². The van der Waals surface area contributed by atoms with E-state index in [1.165, 1.54) is 6.33 Å². The smallest absolute Gasteiger partial charge is 0.297 e. The Morgan fingerprint density at radius 1 is 1.21 bits per heavy atom.